The van der Waals surface area contributed by atoms with Gasteiger partial charge in [-0.2, -0.15) is 0 Å². The van der Waals surface area contributed by atoms with Crippen LogP contribution in [-0.2, 0) is 9.59 Å². The Hall–Kier alpha value is -1.95. The number of carbonyl (C=O) groups is 2. The molecule has 2 amide bonds. The van der Waals surface area contributed by atoms with Gasteiger partial charge in [0.1, 0.15) is 5.88 Å². The predicted molar refractivity (Wildman–Crippen MR) is 79.8 cm³/mol. The molecule has 0 saturated carbocycles. The Morgan fingerprint density at radius 1 is 1.05 bits per heavy atom. The highest BCUT2D eigenvalue weighted by molar-refractivity contribution is 6.27. The zero-order valence-electron chi connectivity index (χ0n) is 11.9. The Morgan fingerprint density at radius 3 is 2.19 bits per heavy atom. The first-order chi connectivity index (χ1) is 10.2. The Morgan fingerprint density at radius 2 is 1.62 bits per heavy atom. The van der Waals surface area contributed by atoms with E-state index in [-0.39, 0.29) is 24.3 Å². The first kappa shape index (κ1) is 17.1. The lowest BCUT2D eigenvalue weighted by Gasteiger charge is -2.11. The highest BCUT2D eigenvalue weighted by atomic mass is 35.5. The summed E-state index contributed by atoms with van der Waals surface area (Å²) in [6.07, 6.45) is 0. The van der Waals surface area contributed by atoms with Crippen LogP contribution in [0, 0.1) is 0 Å². The van der Waals surface area contributed by atoms with E-state index in [0.717, 1.165) is 0 Å². The average molecular weight is 315 g/mol. The van der Waals surface area contributed by atoms with Crippen molar-refractivity contribution in [3.05, 3.63) is 24.3 Å². The van der Waals surface area contributed by atoms with Crippen LogP contribution in [0.5, 0.6) is 11.5 Å². The molecule has 1 aromatic carbocycles. The van der Waals surface area contributed by atoms with E-state index in [1.807, 2.05) is 13.0 Å². The fourth-order valence-corrected chi connectivity index (χ4v) is 1.58. The summed E-state index contributed by atoms with van der Waals surface area (Å²) in [6.45, 7) is 2.92. The van der Waals surface area contributed by atoms with E-state index in [2.05, 4.69) is 10.6 Å². The standard InChI is InChI=1S/C14H19ClN2O4/c1-2-20-11-5-3-4-6-12(11)21-10-14(19)17-8-7-16-13(18)9-15/h3-6H,2,7-10H2,1H3,(H,16,18)(H,17,19). The smallest absolute Gasteiger partial charge is 0.258 e. The van der Waals surface area contributed by atoms with Crippen LogP contribution in [-0.4, -0.2) is 44.0 Å². The molecule has 6 nitrogen and oxygen atoms in total. The van der Waals surface area contributed by atoms with Crippen molar-refractivity contribution in [2.24, 2.45) is 0 Å². The van der Waals surface area contributed by atoms with Crippen molar-refractivity contribution < 1.29 is 19.1 Å². The van der Waals surface area contributed by atoms with Crippen LogP contribution in [0.25, 0.3) is 0 Å². The third-order valence-corrected chi connectivity index (χ3v) is 2.64. The number of hydrogen-bond donors (Lipinski definition) is 2. The summed E-state index contributed by atoms with van der Waals surface area (Å²) in [7, 11) is 0. The van der Waals surface area contributed by atoms with Crippen LogP contribution in [0.1, 0.15) is 6.92 Å². The van der Waals surface area contributed by atoms with Crippen LogP contribution in [0.4, 0.5) is 0 Å². The summed E-state index contributed by atoms with van der Waals surface area (Å²) in [4.78, 5) is 22.5. The molecule has 1 rings (SSSR count). The molecular formula is C14H19ClN2O4. The minimum Gasteiger partial charge on any atom is -0.490 e. The van der Waals surface area contributed by atoms with Gasteiger partial charge in [-0.3, -0.25) is 9.59 Å². The molecule has 116 valence electrons. The molecule has 0 bridgehead atoms. The number of amides is 2. The van der Waals surface area contributed by atoms with Gasteiger partial charge in [-0.1, -0.05) is 12.1 Å². The number of rotatable bonds is 9. The molecule has 7 heteroatoms. The number of para-hydroxylation sites is 2. The van der Waals surface area contributed by atoms with Crippen LogP contribution in [0.2, 0.25) is 0 Å². The zero-order chi connectivity index (χ0) is 15.5. The van der Waals surface area contributed by atoms with Gasteiger partial charge in [-0.25, -0.2) is 0 Å². The number of halogens is 1. The molecular weight excluding hydrogens is 296 g/mol. The molecule has 0 fully saturated rings. The van der Waals surface area contributed by atoms with Gasteiger partial charge in [-0.05, 0) is 19.1 Å². The van der Waals surface area contributed by atoms with E-state index in [1.165, 1.54) is 0 Å². The van der Waals surface area contributed by atoms with Crippen molar-refractivity contribution >= 4 is 23.4 Å². The van der Waals surface area contributed by atoms with E-state index in [9.17, 15) is 9.59 Å². The predicted octanol–water partition coefficient (Wildman–Crippen LogP) is 0.935. The van der Waals surface area contributed by atoms with Crippen molar-refractivity contribution in [3.63, 3.8) is 0 Å². The van der Waals surface area contributed by atoms with Crippen LogP contribution in [0.3, 0.4) is 0 Å². The summed E-state index contributed by atoms with van der Waals surface area (Å²) in [5.74, 6) is 0.479. The summed E-state index contributed by atoms with van der Waals surface area (Å²) < 4.78 is 10.8. The lowest BCUT2D eigenvalue weighted by molar-refractivity contribution is -0.123. The maximum absolute atomic E-state index is 11.6. The monoisotopic (exact) mass is 314 g/mol. The number of hydrogen-bond acceptors (Lipinski definition) is 4. The van der Waals surface area contributed by atoms with Gasteiger partial charge in [0.25, 0.3) is 5.91 Å². The van der Waals surface area contributed by atoms with Gasteiger partial charge < -0.3 is 20.1 Å². The number of carbonyl (C=O) groups excluding carboxylic acids is 2. The molecule has 0 radical (unpaired) electrons. The average Bonchev–Trinajstić information content (AvgIpc) is 2.50. The van der Waals surface area contributed by atoms with E-state index in [0.29, 0.717) is 31.2 Å². The molecule has 2 N–H and O–H groups in total. The molecule has 0 saturated heterocycles. The Balaban J connectivity index is 2.28. The van der Waals surface area contributed by atoms with Crippen molar-refractivity contribution in [2.45, 2.75) is 6.92 Å². The molecule has 0 spiro atoms. The highest BCUT2D eigenvalue weighted by Gasteiger charge is 2.07. The zero-order valence-corrected chi connectivity index (χ0v) is 12.6. The van der Waals surface area contributed by atoms with Gasteiger partial charge in [0.05, 0.1) is 6.61 Å². The molecule has 21 heavy (non-hydrogen) atoms. The maximum Gasteiger partial charge on any atom is 0.258 e. The molecule has 0 aliphatic carbocycles. The van der Waals surface area contributed by atoms with Gasteiger partial charge in [0.15, 0.2) is 18.1 Å². The molecule has 0 aliphatic rings. The molecule has 1 aromatic rings. The third-order valence-electron chi connectivity index (χ3n) is 2.40. The Kier molecular flexibility index (Phi) is 8.04. The largest absolute Gasteiger partial charge is 0.490 e. The molecule has 0 unspecified atom stereocenters. The fraction of sp³-hybridized carbons (Fsp3) is 0.429. The Bertz CT molecular complexity index is 468. The van der Waals surface area contributed by atoms with Crippen LogP contribution >= 0.6 is 11.6 Å². The lowest BCUT2D eigenvalue weighted by Crippen LogP contribution is -2.37. The molecule has 0 aromatic heterocycles. The number of ether oxygens (including phenoxy) is 2. The second-order valence-electron chi connectivity index (χ2n) is 4.00. The van der Waals surface area contributed by atoms with E-state index in [1.54, 1.807) is 18.2 Å². The van der Waals surface area contributed by atoms with Crippen molar-refractivity contribution in [1.29, 1.82) is 0 Å². The minimum absolute atomic E-state index is 0.0920. The van der Waals surface area contributed by atoms with E-state index < -0.39 is 0 Å². The van der Waals surface area contributed by atoms with Gasteiger partial charge >= 0.3 is 0 Å². The second kappa shape index (κ2) is 9.88. The third kappa shape index (κ3) is 6.85. The number of benzene rings is 1. The van der Waals surface area contributed by atoms with Gasteiger partial charge in [-0.15, -0.1) is 11.6 Å². The number of alkyl halides is 1. The van der Waals surface area contributed by atoms with Crippen LogP contribution < -0.4 is 20.1 Å². The summed E-state index contributed by atoms with van der Waals surface area (Å²) in [5, 5.41) is 5.16. The number of nitrogens with one attached hydrogen (secondary N) is 2. The fourth-order valence-electron chi connectivity index (χ4n) is 1.49. The Labute approximate surface area is 128 Å². The van der Waals surface area contributed by atoms with Crippen LogP contribution in [0.15, 0.2) is 24.3 Å². The maximum atomic E-state index is 11.6. The van der Waals surface area contributed by atoms with E-state index >= 15 is 0 Å². The second-order valence-corrected chi connectivity index (χ2v) is 4.27. The van der Waals surface area contributed by atoms with Crippen molar-refractivity contribution in [2.75, 3.05) is 32.2 Å². The summed E-state index contributed by atoms with van der Waals surface area (Å²) >= 11 is 5.32. The molecule has 0 atom stereocenters. The SMILES string of the molecule is CCOc1ccccc1OCC(=O)NCCNC(=O)CCl. The summed E-state index contributed by atoms with van der Waals surface area (Å²) in [5.41, 5.74) is 0. The minimum atomic E-state index is -0.276. The molecule has 0 heterocycles. The summed E-state index contributed by atoms with van der Waals surface area (Å²) in [6, 6.07) is 7.15. The normalized spacial score (nSPS) is 9.81. The van der Waals surface area contributed by atoms with Crippen molar-refractivity contribution in [3.8, 4) is 11.5 Å². The first-order valence-electron chi connectivity index (χ1n) is 6.61. The quantitative estimate of drug-likeness (QED) is 0.525. The van der Waals surface area contributed by atoms with Gasteiger partial charge in [0.2, 0.25) is 5.91 Å². The van der Waals surface area contributed by atoms with E-state index in [4.69, 9.17) is 21.1 Å². The molecule has 0 aliphatic heterocycles. The highest BCUT2D eigenvalue weighted by Crippen LogP contribution is 2.26. The van der Waals surface area contributed by atoms with Crippen molar-refractivity contribution in [1.82, 2.24) is 10.6 Å². The topological polar surface area (TPSA) is 76.7 Å². The van der Waals surface area contributed by atoms with Gasteiger partial charge in [0, 0.05) is 13.1 Å². The lowest BCUT2D eigenvalue weighted by atomic mass is 10.3. The first-order valence-corrected chi connectivity index (χ1v) is 7.14.